The molecule has 2 atom stereocenters. The first-order chi connectivity index (χ1) is 20.7. The van der Waals surface area contributed by atoms with Crippen molar-refractivity contribution in [1.82, 2.24) is 4.90 Å². The first-order valence-corrected chi connectivity index (χ1v) is 14.6. The second kappa shape index (κ2) is 11.7. The molecule has 0 saturated carbocycles. The van der Waals surface area contributed by atoms with E-state index in [1.807, 2.05) is 24.3 Å². The van der Waals surface area contributed by atoms with E-state index < -0.39 is 35.9 Å². The van der Waals surface area contributed by atoms with Crippen LogP contribution in [0.3, 0.4) is 0 Å². The molecule has 232 valence electrons. The summed E-state index contributed by atoms with van der Waals surface area (Å²) in [5.74, 6) is -0.352. The van der Waals surface area contributed by atoms with Crippen molar-refractivity contribution in [1.29, 1.82) is 0 Å². The highest BCUT2D eigenvalue weighted by Crippen LogP contribution is 2.46. The van der Waals surface area contributed by atoms with Crippen LogP contribution in [0, 0.1) is 12.3 Å². The van der Waals surface area contributed by atoms with Gasteiger partial charge in [-0.05, 0) is 103 Å². The molecule has 1 fully saturated rings. The van der Waals surface area contributed by atoms with Gasteiger partial charge in [-0.1, -0.05) is 43.7 Å². The first-order valence-electron chi connectivity index (χ1n) is 14.6. The predicted octanol–water partition coefficient (Wildman–Crippen LogP) is 8.93. The monoisotopic (exact) mass is 607 g/mol. The zero-order chi connectivity index (χ0) is 32.0. The van der Waals surface area contributed by atoms with E-state index in [1.54, 1.807) is 50.1 Å². The van der Waals surface area contributed by atoms with Gasteiger partial charge in [0.15, 0.2) is 0 Å². The van der Waals surface area contributed by atoms with Gasteiger partial charge in [-0.2, -0.15) is 13.2 Å². The van der Waals surface area contributed by atoms with Crippen LogP contribution in [-0.4, -0.2) is 41.8 Å². The number of carboxylic acid groups (broad SMARTS) is 1. The predicted molar refractivity (Wildman–Crippen MR) is 162 cm³/mol. The molecule has 5 rings (SSSR count). The number of benzene rings is 3. The van der Waals surface area contributed by atoms with Crippen LogP contribution in [0.5, 0.6) is 5.75 Å². The number of methoxy groups -OCH3 is 1. The number of hydrogen-bond donors (Lipinski definition) is 1. The van der Waals surface area contributed by atoms with E-state index in [0.29, 0.717) is 23.3 Å². The molecule has 1 amide bonds. The van der Waals surface area contributed by atoms with E-state index >= 15 is 0 Å². The maximum atomic E-state index is 13.6. The van der Waals surface area contributed by atoms with Gasteiger partial charge >= 0.3 is 18.2 Å². The normalized spacial score (nSPS) is 20.1. The van der Waals surface area contributed by atoms with Gasteiger partial charge in [-0.3, -0.25) is 4.90 Å². The van der Waals surface area contributed by atoms with Crippen molar-refractivity contribution in [2.45, 2.75) is 65.3 Å². The molecule has 0 radical (unpaired) electrons. The number of aromatic carboxylic acids is 1. The molecule has 44 heavy (non-hydrogen) atoms. The molecule has 6 nitrogen and oxygen atoms in total. The van der Waals surface area contributed by atoms with Gasteiger partial charge in [-0.15, -0.1) is 0 Å². The molecule has 1 heterocycles. The van der Waals surface area contributed by atoms with Crippen molar-refractivity contribution >= 4 is 17.6 Å². The Kier molecular flexibility index (Phi) is 8.27. The van der Waals surface area contributed by atoms with Crippen molar-refractivity contribution < 1.29 is 37.3 Å². The Balaban J connectivity index is 1.53. The molecule has 0 unspecified atom stereocenters. The van der Waals surface area contributed by atoms with Crippen molar-refractivity contribution in [3.8, 4) is 16.9 Å². The molecule has 9 heteroatoms. The average molecular weight is 608 g/mol. The Hall–Kier alpha value is -4.27. The summed E-state index contributed by atoms with van der Waals surface area (Å²) in [6.07, 6.45) is -3.59. The maximum absolute atomic E-state index is 13.6. The smallest absolute Gasteiger partial charge is 0.416 e. The van der Waals surface area contributed by atoms with Gasteiger partial charge in [0.05, 0.1) is 24.3 Å². The highest BCUT2D eigenvalue weighted by molar-refractivity contribution is 5.90. The minimum Gasteiger partial charge on any atom is -0.496 e. The lowest BCUT2D eigenvalue weighted by Gasteiger charge is -2.36. The number of carbonyl (C=O) groups excluding carboxylic acids is 1. The molecule has 1 aliphatic carbocycles. The molecule has 3 aromatic carbocycles. The van der Waals surface area contributed by atoms with Gasteiger partial charge in [0.2, 0.25) is 0 Å². The number of alkyl halides is 3. The van der Waals surface area contributed by atoms with Gasteiger partial charge < -0.3 is 14.6 Å². The third-order valence-corrected chi connectivity index (χ3v) is 8.65. The molecule has 1 saturated heterocycles. The zero-order valence-corrected chi connectivity index (χ0v) is 25.4. The number of nitrogens with zero attached hydrogens (tertiary/aromatic N) is 1. The van der Waals surface area contributed by atoms with Crippen molar-refractivity contribution in [2.24, 2.45) is 5.41 Å². The third-order valence-electron chi connectivity index (χ3n) is 8.65. The summed E-state index contributed by atoms with van der Waals surface area (Å²) in [6.45, 7) is 8.01. The lowest BCUT2D eigenvalue weighted by molar-refractivity contribution is -0.137. The molecular formula is C35H36F3NO5. The van der Waals surface area contributed by atoms with Crippen LogP contribution >= 0.6 is 0 Å². The summed E-state index contributed by atoms with van der Waals surface area (Å²) in [4.78, 5) is 26.4. The highest BCUT2D eigenvalue weighted by atomic mass is 19.4. The number of carboxylic acids is 1. The zero-order valence-electron chi connectivity index (χ0n) is 25.4. The topological polar surface area (TPSA) is 76.1 Å². The van der Waals surface area contributed by atoms with Gasteiger partial charge in [0, 0.05) is 12.1 Å². The summed E-state index contributed by atoms with van der Waals surface area (Å²) >= 11 is 0. The SMILES string of the molecule is COc1ccc(-c2cccc(C(=O)O)c2)cc1C1=C(CN2C(=O)O[C@H](c3cc(C)cc(C(F)(F)F)c3)[C@@H]2C)CC(C)(C)CC1. The number of aryl methyl sites for hydroxylation is 1. The van der Waals surface area contributed by atoms with Gasteiger partial charge in [-0.25, -0.2) is 9.59 Å². The number of rotatable bonds is 7. The lowest BCUT2D eigenvalue weighted by atomic mass is 9.72. The van der Waals surface area contributed by atoms with Crippen LogP contribution in [0.25, 0.3) is 16.7 Å². The molecular weight excluding hydrogens is 571 g/mol. The van der Waals surface area contributed by atoms with Crippen LogP contribution in [0.2, 0.25) is 0 Å². The van der Waals surface area contributed by atoms with Crippen LogP contribution in [0.4, 0.5) is 18.0 Å². The van der Waals surface area contributed by atoms with E-state index in [2.05, 4.69) is 13.8 Å². The van der Waals surface area contributed by atoms with Crippen molar-refractivity contribution in [3.63, 3.8) is 0 Å². The quantitative estimate of drug-likeness (QED) is 0.290. The summed E-state index contributed by atoms with van der Waals surface area (Å²) in [5, 5.41) is 9.49. The van der Waals surface area contributed by atoms with E-state index in [4.69, 9.17) is 9.47 Å². The number of carbonyl (C=O) groups is 2. The van der Waals surface area contributed by atoms with Crippen molar-refractivity contribution in [2.75, 3.05) is 13.7 Å². The molecule has 3 aromatic rings. The van der Waals surface area contributed by atoms with E-state index in [0.717, 1.165) is 52.8 Å². The number of halogens is 3. The number of amides is 1. The number of ether oxygens (including phenoxy) is 2. The Bertz CT molecular complexity index is 1640. The molecule has 0 aromatic heterocycles. The number of hydrogen-bond acceptors (Lipinski definition) is 4. The number of cyclic esters (lactones) is 1. The van der Waals surface area contributed by atoms with Crippen LogP contribution in [-0.2, 0) is 10.9 Å². The Morgan fingerprint density at radius 1 is 1.09 bits per heavy atom. The average Bonchev–Trinajstić information content (AvgIpc) is 3.24. The second-order valence-corrected chi connectivity index (χ2v) is 12.5. The molecule has 1 aliphatic heterocycles. The van der Waals surface area contributed by atoms with Crippen LogP contribution in [0.15, 0.2) is 66.2 Å². The number of allylic oxidation sites excluding steroid dienone is 1. The van der Waals surface area contributed by atoms with E-state index in [1.165, 1.54) is 0 Å². The fraction of sp³-hybridized carbons (Fsp3) is 0.371. The first kappa shape index (κ1) is 31.2. The molecule has 0 spiro atoms. The summed E-state index contributed by atoms with van der Waals surface area (Å²) < 4.78 is 52.2. The highest BCUT2D eigenvalue weighted by Gasteiger charge is 2.42. The summed E-state index contributed by atoms with van der Waals surface area (Å²) in [6, 6.07) is 15.8. The standard InChI is InChI=1S/C35H36F3NO5/c1-20-13-25(16-27(14-20)35(36,37)38)31-21(2)39(33(42)44-31)19-26-18-34(3,4)12-11-28(26)29-17-23(9-10-30(29)43-5)22-7-6-8-24(15-22)32(40)41/h6-10,13-17,21,31H,11-12,18-19H2,1-5H3,(H,40,41)/t21-,31-/m0/s1. The Labute approximate surface area is 255 Å². The van der Waals surface area contributed by atoms with Crippen molar-refractivity contribution in [3.05, 3.63) is 94.1 Å². The lowest BCUT2D eigenvalue weighted by Crippen LogP contribution is -2.35. The third kappa shape index (κ3) is 6.32. The fourth-order valence-electron chi connectivity index (χ4n) is 6.35. The largest absolute Gasteiger partial charge is 0.496 e. The fourth-order valence-corrected chi connectivity index (χ4v) is 6.35. The van der Waals surface area contributed by atoms with Gasteiger partial charge in [0.1, 0.15) is 11.9 Å². The van der Waals surface area contributed by atoms with E-state index in [-0.39, 0.29) is 17.5 Å². The van der Waals surface area contributed by atoms with Gasteiger partial charge in [0.25, 0.3) is 0 Å². The Morgan fingerprint density at radius 3 is 2.50 bits per heavy atom. The van der Waals surface area contributed by atoms with Crippen LogP contribution in [0.1, 0.15) is 78.7 Å². The summed E-state index contributed by atoms with van der Waals surface area (Å²) in [7, 11) is 1.60. The second-order valence-electron chi connectivity index (χ2n) is 12.5. The maximum Gasteiger partial charge on any atom is 0.416 e. The molecule has 2 aliphatic rings. The van der Waals surface area contributed by atoms with Crippen LogP contribution < -0.4 is 4.74 Å². The molecule has 0 bridgehead atoms. The Morgan fingerprint density at radius 2 is 1.82 bits per heavy atom. The minimum absolute atomic E-state index is 0.0378. The summed E-state index contributed by atoms with van der Waals surface area (Å²) in [5.41, 5.74) is 4.65. The molecule has 1 N–H and O–H groups in total. The minimum atomic E-state index is -4.51. The van der Waals surface area contributed by atoms with E-state index in [9.17, 15) is 27.9 Å².